The van der Waals surface area contributed by atoms with E-state index in [0.29, 0.717) is 45.0 Å². The van der Waals surface area contributed by atoms with Crippen LogP contribution < -0.4 is 5.32 Å². The maximum Gasteiger partial charge on any atom is 0.162 e. The van der Waals surface area contributed by atoms with Gasteiger partial charge in [0.1, 0.15) is 23.1 Å². The molecule has 0 spiro atoms. The smallest absolute Gasteiger partial charge is 0.162 e. The number of hydrogen-bond donors (Lipinski definition) is 4. The standard InChI is InChI=1S/C29H25FN8O/c30-21-8-4-3-7-19(21)20-11-12-32-27-24(20)35-28(36-27)26-25-23(37-38-26)10-9-22(34-25)17-13-18(15-31-14-17)33-29(39)16-5-1-2-6-16/h3-4,7-16,29,33,39H,1-2,5-6H2,(H,37,38)(H,32,35,36). The lowest BCUT2D eigenvalue weighted by molar-refractivity contribution is 0.137. The first-order valence-electron chi connectivity index (χ1n) is 13.0. The zero-order chi connectivity index (χ0) is 26.3. The summed E-state index contributed by atoms with van der Waals surface area (Å²) in [6, 6.07) is 14.1. The summed E-state index contributed by atoms with van der Waals surface area (Å²) >= 11 is 0. The molecule has 5 aromatic heterocycles. The van der Waals surface area contributed by atoms with E-state index >= 15 is 0 Å². The lowest BCUT2D eigenvalue weighted by Gasteiger charge is -2.20. The number of hydrogen-bond acceptors (Lipinski definition) is 7. The summed E-state index contributed by atoms with van der Waals surface area (Å²) in [5.41, 5.74) is 6.33. The highest BCUT2D eigenvalue weighted by atomic mass is 19.1. The number of pyridine rings is 3. The number of aliphatic hydroxyl groups is 1. The Hall–Kier alpha value is -4.70. The summed E-state index contributed by atoms with van der Waals surface area (Å²) in [6.45, 7) is 0. The number of aromatic amines is 2. The van der Waals surface area contributed by atoms with Gasteiger partial charge in [-0.3, -0.25) is 10.1 Å². The van der Waals surface area contributed by atoms with Gasteiger partial charge in [0.15, 0.2) is 17.2 Å². The quantitative estimate of drug-likeness (QED) is 0.208. The van der Waals surface area contributed by atoms with Gasteiger partial charge in [0.05, 0.1) is 23.1 Å². The van der Waals surface area contributed by atoms with E-state index in [-0.39, 0.29) is 11.7 Å². The van der Waals surface area contributed by atoms with Crippen LogP contribution in [0.2, 0.25) is 0 Å². The fourth-order valence-electron chi connectivity index (χ4n) is 5.37. The second-order valence-corrected chi connectivity index (χ2v) is 9.88. The molecule has 1 atom stereocenters. The molecule has 0 saturated heterocycles. The van der Waals surface area contributed by atoms with Crippen LogP contribution in [0, 0.1) is 11.7 Å². The SMILES string of the molecule is OC(Nc1cncc(-c2ccc3[nH]nc(-c4nc5c(-c6ccccc6F)ccnc5[nH]4)c3n2)c1)C1CCCC1. The van der Waals surface area contributed by atoms with Crippen molar-refractivity contribution < 1.29 is 9.50 Å². The largest absolute Gasteiger partial charge is 0.374 e. The van der Waals surface area contributed by atoms with Gasteiger partial charge in [0.25, 0.3) is 0 Å². The minimum Gasteiger partial charge on any atom is -0.374 e. The molecule has 0 radical (unpaired) electrons. The molecule has 10 heteroatoms. The third-order valence-corrected chi connectivity index (χ3v) is 7.38. The van der Waals surface area contributed by atoms with Crippen molar-refractivity contribution in [2.75, 3.05) is 5.32 Å². The van der Waals surface area contributed by atoms with Gasteiger partial charge in [-0.2, -0.15) is 5.10 Å². The van der Waals surface area contributed by atoms with E-state index in [1.54, 1.807) is 42.9 Å². The molecule has 5 heterocycles. The Morgan fingerprint density at radius 2 is 1.85 bits per heavy atom. The molecule has 9 nitrogen and oxygen atoms in total. The van der Waals surface area contributed by atoms with E-state index in [4.69, 9.17) is 9.97 Å². The van der Waals surface area contributed by atoms with Gasteiger partial charge >= 0.3 is 0 Å². The normalized spacial score (nSPS) is 14.8. The average molecular weight is 521 g/mol. The van der Waals surface area contributed by atoms with Crippen LogP contribution in [-0.2, 0) is 0 Å². The van der Waals surface area contributed by atoms with Crippen molar-refractivity contribution in [1.29, 1.82) is 0 Å². The molecule has 39 heavy (non-hydrogen) atoms. The van der Waals surface area contributed by atoms with Crippen molar-refractivity contribution in [3.05, 3.63) is 72.9 Å². The van der Waals surface area contributed by atoms with Crippen LogP contribution in [0.4, 0.5) is 10.1 Å². The Kier molecular flexibility index (Phi) is 5.74. The summed E-state index contributed by atoms with van der Waals surface area (Å²) in [4.78, 5) is 21.6. The number of halogens is 1. The number of benzene rings is 1. The fourth-order valence-corrected chi connectivity index (χ4v) is 5.37. The van der Waals surface area contributed by atoms with Crippen LogP contribution in [0.5, 0.6) is 0 Å². The summed E-state index contributed by atoms with van der Waals surface area (Å²) < 4.78 is 14.6. The van der Waals surface area contributed by atoms with E-state index in [1.807, 2.05) is 18.2 Å². The molecule has 1 aromatic carbocycles. The summed E-state index contributed by atoms with van der Waals surface area (Å²) in [5, 5.41) is 21.3. The molecule has 1 unspecified atom stereocenters. The number of fused-ring (bicyclic) bond motifs is 2. The highest BCUT2D eigenvalue weighted by Gasteiger charge is 2.23. The van der Waals surface area contributed by atoms with Crippen LogP contribution in [0.1, 0.15) is 25.7 Å². The molecular weight excluding hydrogens is 495 g/mol. The van der Waals surface area contributed by atoms with Crippen molar-refractivity contribution in [2.45, 2.75) is 31.9 Å². The average Bonchev–Trinajstić information content (AvgIpc) is 3.73. The molecule has 0 aliphatic heterocycles. The molecule has 1 aliphatic carbocycles. The number of imidazole rings is 1. The second-order valence-electron chi connectivity index (χ2n) is 9.88. The Balaban J connectivity index is 1.25. The van der Waals surface area contributed by atoms with Crippen LogP contribution >= 0.6 is 0 Å². The lowest BCUT2D eigenvalue weighted by atomic mass is 10.1. The molecule has 0 bridgehead atoms. The molecule has 1 saturated carbocycles. The molecule has 6 aromatic rings. The second kappa shape index (κ2) is 9.55. The highest BCUT2D eigenvalue weighted by molar-refractivity contribution is 5.95. The maximum atomic E-state index is 14.6. The number of H-pyrrole nitrogens is 2. The minimum atomic E-state index is -0.601. The Morgan fingerprint density at radius 3 is 2.72 bits per heavy atom. The zero-order valence-electron chi connectivity index (χ0n) is 20.9. The Bertz CT molecular complexity index is 1810. The molecular formula is C29H25FN8O. The molecule has 1 fully saturated rings. The van der Waals surface area contributed by atoms with Gasteiger partial charge in [-0.05, 0) is 43.2 Å². The summed E-state index contributed by atoms with van der Waals surface area (Å²) in [7, 11) is 0. The molecule has 4 N–H and O–H groups in total. The first-order valence-corrected chi connectivity index (χ1v) is 13.0. The van der Waals surface area contributed by atoms with Gasteiger partial charge in [-0.1, -0.05) is 31.0 Å². The topological polar surface area (TPSA) is 128 Å². The van der Waals surface area contributed by atoms with E-state index < -0.39 is 6.23 Å². The third-order valence-electron chi connectivity index (χ3n) is 7.38. The molecule has 7 rings (SSSR count). The fraction of sp³-hybridized carbons (Fsp3) is 0.207. The van der Waals surface area contributed by atoms with Crippen LogP contribution in [-0.4, -0.2) is 46.5 Å². The molecule has 1 aliphatic rings. The maximum absolute atomic E-state index is 14.6. The van der Waals surface area contributed by atoms with Crippen LogP contribution in [0.3, 0.4) is 0 Å². The molecule has 194 valence electrons. The summed E-state index contributed by atoms with van der Waals surface area (Å²) in [5.74, 6) is 0.409. The van der Waals surface area contributed by atoms with Gasteiger partial charge in [-0.15, -0.1) is 0 Å². The number of anilines is 1. The Labute approximate surface area is 222 Å². The van der Waals surface area contributed by atoms with Crippen molar-refractivity contribution in [2.24, 2.45) is 5.92 Å². The number of aliphatic hydroxyl groups excluding tert-OH is 1. The first kappa shape index (κ1) is 23.4. The van der Waals surface area contributed by atoms with Crippen molar-refractivity contribution in [3.8, 4) is 33.9 Å². The van der Waals surface area contributed by atoms with Crippen molar-refractivity contribution in [3.63, 3.8) is 0 Å². The van der Waals surface area contributed by atoms with E-state index in [2.05, 4.69) is 30.5 Å². The van der Waals surface area contributed by atoms with Crippen molar-refractivity contribution >= 4 is 27.9 Å². The lowest BCUT2D eigenvalue weighted by Crippen LogP contribution is -2.26. The predicted octanol–water partition coefficient (Wildman–Crippen LogP) is 5.68. The Morgan fingerprint density at radius 1 is 0.974 bits per heavy atom. The van der Waals surface area contributed by atoms with Gasteiger partial charge < -0.3 is 15.4 Å². The number of nitrogens with one attached hydrogen (secondary N) is 3. The van der Waals surface area contributed by atoms with E-state index in [0.717, 1.165) is 42.5 Å². The summed E-state index contributed by atoms with van der Waals surface area (Å²) in [6.07, 6.45) is 8.85. The number of nitrogens with zero attached hydrogens (tertiary/aromatic N) is 5. The van der Waals surface area contributed by atoms with Gasteiger partial charge in [-0.25, -0.2) is 19.3 Å². The monoisotopic (exact) mass is 520 g/mol. The molecule has 0 amide bonds. The number of rotatable bonds is 6. The zero-order valence-corrected chi connectivity index (χ0v) is 20.9. The van der Waals surface area contributed by atoms with Crippen molar-refractivity contribution in [1.82, 2.24) is 35.1 Å². The van der Waals surface area contributed by atoms with Crippen LogP contribution in [0.15, 0.2) is 67.1 Å². The van der Waals surface area contributed by atoms with Gasteiger partial charge in [0.2, 0.25) is 0 Å². The minimum absolute atomic E-state index is 0.258. The highest BCUT2D eigenvalue weighted by Crippen LogP contribution is 2.33. The predicted molar refractivity (Wildman–Crippen MR) is 147 cm³/mol. The van der Waals surface area contributed by atoms with E-state index in [9.17, 15) is 9.50 Å². The van der Waals surface area contributed by atoms with E-state index in [1.165, 1.54) is 6.07 Å². The van der Waals surface area contributed by atoms with Crippen LogP contribution in [0.25, 0.3) is 56.1 Å². The third kappa shape index (κ3) is 4.28. The number of aromatic nitrogens is 7. The first-order chi connectivity index (χ1) is 19.1. The van der Waals surface area contributed by atoms with Gasteiger partial charge in [0, 0.05) is 35.0 Å².